The summed E-state index contributed by atoms with van der Waals surface area (Å²) in [5.74, 6) is 0. The highest BCUT2D eigenvalue weighted by molar-refractivity contribution is 9.11. The molecule has 0 aliphatic heterocycles. The number of pyridine rings is 1. The Bertz CT molecular complexity index is 269. The molecule has 0 aromatic carbocycles. The molecule has 1 aromatic heterocycles. The van der Waals surface area contributed by atoms with Crippen molar-refractivity contribution >= 4 is 31.9 Å². The first-order valence-corrected chi connectivity index (χ1v) is 5.77. The Kier molecular flexibility index (Phi) is 4.35. The third-order valence-electron chi connectivity index (χ3n) is 1.94. The second kappa shape index (κ2) is 5.08. The Labute approximate surface area is 95.2 Å². The molecular formula is C9H12Br2N2. The van der Waals surface area contributed by atoms with E-state index in [0.29, 0.717) is 0 Å². The van der Waals surface area contributed by atoms with Crippen molar-refractivity contribution in [1.82, 2.24) is 4.98 Å². The Hall–Kier alpha value is 0.0700. The summed E-state index contributed by atoms with van der Waals surface area (Å²) in [4.78, 5) is 4.04. The largest absolute Gasteiger partial charge is 0.327 e. The number of nitrogens with zero attached hydrogens (tertiary/aromatic N) is 1. The Morgan fingerprint density at radius 2 is 1.92 bits per heavy atom. The van der Waals surface area contributed by atoms with Crippen LogP contribution in [0.3, 0.4) is 0 Å². The fourth-order valence-corrected chi connectivity index (χ4v) is 2.29. The molecule has 72 valence electrons. The van der Waals surface area contributed by atoms with Gasteiger partial charge in [-0.05, 0) is 50.3 Å². The van der Waals surface area contributed by atoms with Crippen molar-refractivity contribution in [3.63, 3.8) is 0 Å². The van der Waals surface area contributed by atoms with Crippen molar-refractivity contribution < 1.29 is 0 Å². The van der Waals surface area contributed by atoms with Gasteiger partial charge in [-0.1, -0.05) is 6.92 Å². The predicted octanol–water partition coefficient (Wildman–Crippen LogP) is 2.89. The van der Waals surface area contributed by atoms with E-state index in [1.807, 2.05) is 0 Å². The van der Waals surface area contributed by atoms with Crippen LogP contribution in [0.5, 0.6) is 0 Å². The van der Waals surface area contributed by atoms with Crippen LogP contribution in [0.4, 0.5) is 0 Å². The molecule has 1 unspecified atom stereocenters. The molecule has 13 heavy (non-hydrogen) atoms. The fourth-order valence-electron chi connectivity index (χ4n) is 1.04. The lowest BCUT2D eigenvalue weighted by Gasteiger charge is -2.11. The number of halogens is 2. The van der Waals surface area contributed by atoms with Gasteiger partial charge in [-0.3, -0.25) is 4.98 Å². The van der Waals surface area contributed by atoms with Crippen molar-refractivity contribution in [1.29, 1.82) is 0 Å². The van der Waals surface area contributed by atoms with Crippen molar-refractivity contribution in [3.05, 3.63) is 26.9 Å². The Morgan fingerprint density at radius 3 is 2.38 bits per heavy atom. The molecule has 2 N–H and O–H groups in total. The molecule has 0 bridgehead atoms. The van der Waals surface area contributed by atoms with Crippen LogP contribution in [0.2, 0.25) is 0 Å². The van der Waals surface area contributed by atoms with Gasteiger partial charge in [0.15, 0.2) is 0 Å². The highest BCUT2D eigenvalue weighted by Gasteiger charge is 2.08. The molecule has 4 heteroatoms. The average molecular weight is 308 g/mol. The zero-order valence-electron chi connectivity index (χ0n) is 7.43. The minimum absolute atomic E-state index is 0.218. The molecule has 0 aliphatic rings. The van der Waals surface area contributed by atoms with Crippen molar-refractivity contribution in [2.45, 2.75) is 25.8 Å². The summed E-state index contributed by atoms with van der Waals surface area (Å²) in [6.45, 7) is 2.09. The highest BCUT2D eigenvalue weighted by atomic mass is 79.9. The monoisotopic (exact) mass is 306 g/mol. The zero-order valence-corrected chi connectivity index (χ0v) is 10.6. The maximum Gasteiger partial charge on any atom is 0.0413 e. The van der Waals surface area contributed by atoms with Crippen LogP contribution < -0.4 is 5.73 Å². The Balaban J connectivity index is 2.87. The first-order chi connectivity index (χ1) is 6.15. The molecule has 1 rings (SSSR count). The Morgan fingerprint density at radius 1 is 1.38 bits per heavy atom. The molecule has 2 nitrogen and oxygen atoms in total. The standard InChI is InChI=1S/C9H12Br2N2/c1-2-6(12)3-7-8(10)4-13-5-9(7)11/h4-6H,2-3,12H2,1H3. The SMILES string of the molecule is CCC(N)Cc1c(Br)cncc1Br. The normalized spacial score (nSPS) is 12.9. The lowest BCUT2D eigenvalue weighted by atomic mass is 10.1. The number of hydrogen-bond donors (Lipinski definition) is 1. The van der Waals surface area contributed by atoms with Gasteiger partial charge in [0, 0.05) is 27.4 Å². The topological polar surface area (TPSA) is 38.9 Å². The van der Waals surface area contributed by atoms with Gasteiger partial charge < -0.3 is 5.73 Å². The maximum atomic E-state index is 5.88. The number of rotatable bonds is 3. The van der Waals surface area contributed by atoms with E-state index in [0.717, 1.165) is 21.8 Å². The molecule has 0 fully saturated rings. The average Bonchev–Trinajstić information content (AvgIpc) is 2.11. The second-order valence-electron chi connectivity index (χ2n) is 2.95. The van der Waals surface area contributed by atoms with Gasteiger partial charge >= 0.3 is 0 Å². The van der Waals surface area contributed by atoms with E-state index >= 15 is 0 Å². The van der Waals surface area contributed by atoms with Gasteiger partial charge in [-0.25, -0.2) is 0 Å². The highest BCUT2D eigenvalue weighted by Crippen LogP contribution is 2.25. The molecule has 1 aromatic rings. The third kappa shape index (κ3) is 3.04. The van der Waals surface area contributed by atoms with E-state index in [1.165, 1.54) is 5.56 Å². The first-order valence-electron chi connectivity index (χ1n) is 4.18. The first kappa shape index (κ1) is 11.1. The quantitative estimate of drug-likeness (QED) is 0.932. The summed E-state index contributed by atoms with van der Waals surface area (Å²) in [5, 5.41) is 0. The van der Waals surface area contributed by atoms with E-state index in [9.17, 15) is 0 Å². The molecule has 1 heterocycles. The second-order valence-corrected chi connectivity index (χ2v) is 4.66. The van der Waals surface area contributed by atoms with Crippen LogP contribution in [-0.4, -0.2) is 11.0 Å². The summed E-state index contributed by atoms with van der Waals surface area (Å²) < 4.78 is 2.04. The van der Waals surface area contributed by atoms with E-state index in [-0.39, 0.29) is 6.04 Å². The van der Waals surface area contributed by atoms with E-state index in [1.54, 1.807) is 12.4 Å². The smallest absolute Gasteiger partial charge is 0.0413 e. The van der Waals surface area contributed by atoms with Crippen LogP contribution in [0.15, 0.2) is 21.3 Å². The van der Waals surface area contributed by atoms with Gasteiger partial charge in [0.1, 0.15) is 0 Å². The zero-order chi connectivity index (χ0) is 9.84. The number of aromatic nitrogens is 1. The third-order valence-corrected chi connectivity index (χ3v) is 3.31. The summed E-state index contributed by atoms with van der Waals surface area (Å²) in [5.41, 5.74) is 7.08. The molecule has 0 saturated heterocycles. The molecule has 0 spiro atoms. The molecule has 0 aliphatic carbocycles. The lowest BCUT2D eigenvalue weighted by molar-refractivity contribution is 0.643. The summed E-state index contributed by atoms with van der Waals surface area (Å²) in [6, 6.07) is 0.218. The van der Waals surface area contributed by atoms with Gasteiger partial charge in [-0.15, -0.1) is 0 Å². The van der Waals surface area contributed by atoms with Gasteiger partial charge in [-0.2, -0.15) is 0 Å². The summed E-state index contributed by atoms with van der Waals surface area (Å²) >= 11 is 6.91. The van der Waals surface area contributed by atoms with E-state index < -0.39 is 0 Å². The summed E-state index contributed by atoms with van der Waals surface area (Å²) in [6.07, 6.45) is 5.45. The molecule has 0 amide bonds. The molecular weight excluding hydrogens is 296 g/mol. The lowest BCUT2D eigenvalue weighted by Crippen LogP contribution is -2.21. The summed E-state index contributed by atoms with van der Waals surface area (Å²) in [7, 11) is 0. The van der Waals surface area contributed by atoms with Crippen LogP contribution >= 0.6 is 31.9 Å². The minimum atomic E-state index is 0.218. The van der Waals surface area contributed by atoms with Crippen molar-refractivity contribution in [2.24, 2.45) is 5.73 Å². The van der Waals surface area contributed by atoms with Crippen LogP contribution in [0.25, 0.3) is 0 Å². The van der Waals surface area contributed by atoms with Gasteiger partial charge in [0.05, 0.1) is 0 Å². The van der Waals surface area contributed by atoms with E-state index in [2.05, 4.69) is 43.8 Å². The maximum absolute atomic E-state index is 5.88. The van der Waals surface area contributed by atoms with Gasteiger partial charge in [0.2, 0.25) is 0 Å². The fraction of sp³-hybridized carbons (Fsp3) is 0.444. The van der Waals surface area contributed by atoms with Gasteiger partial charge in [0.25, 0.3) is 0 Å². The van der Waals surface area contributed by atoms with E-state index in [4.69, 9.17) is 5.73 Å². The van der Waals surface area contributed by atoms with Crippen molar-refractivity contribution in [2.75, 3.05) is 0 Å². The molecule has 1 atom stereocenters. The molecule has 0 radical (unpaired) electrons. The number of hydrogen-bond acceptors (Lipinski definition) is 2. The van der Waals surface area contributed by atoms with Crippen LogP contribution in [0.1, 0.15) is 18.9 Å². The van der Waals surface area contributed by atoms with Crippen LogP contribution in [-0.2, 0) is 6.42 Å². The predicted molar refractivity (Wildman–Crippen MR) is 61.6 cm³/mol. The van der Waals surface area contributed by atoms with Crippen molar-refractivity contribution in [3.8, 4) is 0 Å². The minimum Gasteiger partial charge on any atom is -0.327 e. The van der Waals surface area contributed by atoms with Crippen LogP contribution in [0, 0.1) is 0 Å². The number of nitrogens with two attached hydrogens (primary N) is 1. The molecule has 0 saturated carbocycles.